The Hall–Kier alpha value is -0.670. The van der Waals surface area contributed by atoms with Crippen molar-refractivity contribution in [1.82, 2.24) is 0 Å². The zero-order chi connectivity index (χ0) is 12.2. The molecule has 1 N–H and O–H groups in total. The molecule has 0 aromatic heterocycles. The van der Waals surface area contributed by atoms with E-state index in [4.69, 9.17) is 9.05 Å². The van der Waals surface area contributed by atoms with E-state index in [1.807, 2.05) is 18.2 Å². The van der Waals surface area contributed by atoms with Gasteiger partial charge in [-0.1, -0.05) is 30.3 Å². The standard InChI is InChI=1S/C11H17O4P/c1-11(12,9-16(13,14-2)15-3)10-7-5-4-6-8-10/h4-8,12H,9H2,1-3H3. The molecule has 0 amide bonds. The Morgan fingerprint density at radius 2 is 1.75 bits per heavy atom. The Bertz CT molecular complexity index is 367. The van der Waals surface area contributed by atoms with Crippen LogP contribution < -0.4 is 0 Å². The minimum absolute atomic E-state index is 0.0724. The van der Waals surface area contributed by atoms with Gasteiger partial charge in [0.05, 0.1) is 11.8 Å². The average Bonchev–Trinajstić information content (AvgIpc) is 2.29. The molecule has 0 aliphatic heterocycles. The summed E-state index contributed by atoms with van der Waals surface area (Å²) in [6, 6.07) is 9.03. The highest BCUT2D eigenvalue weighted by Gasteiger charge is 2.35. The minimum atomic E-state index is -3.22. The van der Waals surface area contributed by atoms with Gasteiger partial charge >= 0.3 is 7.60 Å². The quantitative estimate of drug-likeness (QED) is 0.808. The van der Waals surface area contributed by atoms with E-state index in [1.54, 1.807) is 19.1 Å². The lowest BCUT2D eigenvalue weighted by Crippen LogP contribution is -2.26. The molecular weight excluding hydrogens is 227 g/mol. The summed E-state index contributed by atoms with van der Waals surface area (Å²) in [7, 11) is -0.596. The Kier molecular flexibility index (Phi) is 4.28. The fourth-order valence-electron chi connectivity index (χ4n) is 1.47. The van der Waals surface area contributed by atoms with Gasteiger partial charge in [0.2, 0.25) is 0 Å². The van der Waals surface area contributed by atoms with Crippen molar-refractivity contribution in [2.75, 3.05) is 20.4 Å². The molecule has 4 nitrogen and oxygen atoms in total. The smallest absolute Gasteiger partial charge is 0.333 e. The van der Waals surface area contributed by atoms with E-state index in [2.05, 4.69) is 0 Å². The number of hydrogen-bond donors (Lipinski definition) is 1. The monoisotopic (exact) mass is 244 g/mol. The Labute approximate surface area is 95.7 Å². The van der Waals surface area contributed by atoms with Crippen LogP contribution in [0.25, 0.3) is 0 Å². The van der Waals surface area contributed by atoms with E-state index in [0.29, 0.717) is 5.56 Å². The highest BCUT2D eigenvalue weighted by molar-refractivity contribution is 7.53. The van der Waals surface area contributed by atoms with Crippen LogP contribution in [-0.2, 0) is 19.2 Å². The maximum absolute atomic E-state index is 11.9. The van der Waals surface area contributed by atoms with Gasteiger partial charge in [0.25, 0.3) is 0 Å². The molecular formula is C11H17O4P. The molecule has 1 aromatic carbocycles. The van der Waals surface area contributed by atoms with Gasteiger partial charge in [-0.2, -0.15) is 0 Å². The molecule has 1 atom stereocenters. The molecule has 0 aliphatic carbocycles. The minimum Gasteiger partial charge on any atom is -0.385 e. The van der Waals surface area contributed by atoms with Gasteiger partial charge in [0.1, 0.15) is 0 Å². The second-order valence-electron chi connectivity index (χ2n) is 3.77. The third kappa shape index (κ3) is 3.16. The molecule has 0 spiro atoms. The third-order valence-electron chi connectivity index (χ3n) is 2.45. The van der Waals surface area contributed by atoms with Gasteiger partial charge in [0.15, 0.2) is 0 Å². The van der Waals surface area contributed by atoms with Crippen LogP contribution in [-0.4, -0.2) is 25.5 Å². The molecule has 16 heavy (non-hydrogen) atoms. The Morgan fingerprint density at radius 1 is 1.25 bits per heavy atom. The maximum Gasteiger partial charge on any atom is 0.333 e. The molecule has 0 saturated carbocycles. The topological polar surface area (TPSA) is 55.8 Å². The van der Waals surface area contributed by atoms with Crippen LogP contribution in [0, 0.1) is 0 Å². The van der Waals surface area contributed by atoms with Crippen LogP contribution in [0.5, 0.6) is 0 Å². The van der Waals surface area contributed by atoms with Crippen LogP contribution in [0.2, 0.25) is 0 Å². The van der Waals surface area contributed by atoms with Crippen LogP contribution in [0.3, 0.4) is 0 Å². The van der Waals surface area contributed by atoms with Crippen LogP contribution >= 0.6 is 7.60 Å². The predicted octanol–water partition coefficient (Wildman–Crippen LogP) is 2.38. The second-order valence-corrected chi connectivity index (χ2v) is 6.04. The normalized spacial score (nSPS) is 15.8. The Balaban J connectivity index is 2.92. The van der Waals surface area contributed by atoms with Crippen LogP contribution in [0.1, 0.15) is 12.5 Å². The molecule has 90 valence electrons. The van der Waals surface area contributed by atoms with Crippen LogP contribution in [0.15, 0.2) is 30.3 Å². The van der Waals surface area contributed by atoms with Crippen molar-refractivity contribution < 1.29 is 18.7 Å². The molecule has 0 aliphatic rings. The summed E-state index contributed by atoms with van der Waals surface area (Å²) in [5.74, 6) is 0. The van der Waals surface area contributed by atoms with Crippen molar-refractivity contribution in [3.8, 4) is 0 Å². The highest BCUT2D eigenvalue weighted by Crippen LogP contribution is 2.50. The molecule has 0 fully saturated rings. The van der Waals surface area contributed by atoms with Gasteiger partial charge in [-0.25, -0.2) is 0 Å². The first-order valence-electron chi connectivity index (χ1n) is 4.92. The van der Waals surface area contributed by atoms with E-state index >= 15 is 0 Å². The summed E-state index contributed by atoms with van der Waals surface area (Å²) < 4.78 is 21.6. The molecule has 5 heteroatoms. The number of hydrogen-bond acceptors (Lipinski definition) is 4. The highest BCUT2D eigenvalue weighted by atomic mass is 31.2. The molecule has 0 bridgehead atoms. The van der Waals surface area contributed by atoms with E-state index in [9.17, 15) is 9.67 Å². The van der Waals surface area contributed by atoms with Crippen molar-refractivity contribution in [1.29, 1.82) is 0 Å². The largest absolute Gasteiger partial charge is 0.385 e. The second kappa shape index (κ2) is 5.11. The first-order valence-corrected chi connectivity index (χ1v) is 6.65. The van der Waals surface area contributed by atoms with E-state index < -0.39 is 13.2 Å². The summed E-state index contributed by atoms with van der Waals surface area (Å²) in [6.45, 7) is 1.59. The molecule has 0 heterocycles. The van der Waals surface area contributed by atoms with E-state index in [0.717, 1.165) is 0 Å². The lowest BCUT2D eigenvalue weighted by Gasteiger charge is -2.26. The lowest BCUT2D eigenvalue weighted by molar-refractivity contribution is 0.0738. The van der Waals surface area contributed by atoms with Crippen molar-refractivity contribution in [2.45, 2.75) is 12.5 Å². The summed E-state index contributed by atoms with van der Waals surface area (Å²) in [5.41, 5.74) is -0.549. The molecule has 1 rings (SSSR count). The fraction of sp³-hybridized carbons (Fsp3) is 0.455. The summed E-state index contributed by atoms with van der Waals surface area (Å²) in [6.07, 6.45) is -0.0724. The average molecular weight is 244 g/mol. The summed E-state index contributed by atoms with van der Waals surface area (Å²) in [5, 5.41) is 10.3. The van der Waals surface area contributed by atoms with Gasteiger partial charge < -0.3 is 14.2 Å². The summed E-state index contributed by atoms with van der Waals surface area (Å²) >= 11 is 0. The number of rotatable bonds is 5. The zero-order valence-corrected chi connectivity index (χ0v) is 10.6. The van der Waals surface area contributed by atoms with E-state index in [-0.39, 0.29) is 6.16 Å². The fourth-order valence-corrected chi connectivity index (χ4v) is 2.81. The van der Waals surface area contributed by atoms with E-state index in [1.165, 1.54) is 14.2 Å². The molecule has 0 saturated heterocycles. The molecule has 0 radical (unpaired) electrons. The van der Waals surface area contributed by atoms with Gasteiger partial charge in [0, 0.05) is 14.2 Å². The summed E-state index contributed by atoms with van der Waals surface area (Å²) in [4.78, 5) is 0. The first kappa shape index (κ1) is 13.4. The lowest BCUT2D eigenvalue weighted by atomic mass is 9.99. The van der Waals surface area contributed by atoms with Crippen molar-refractivity contribution in [3.05, 3.63) is 35.9 Å². The van der Waals surface area contributed by atoms with Crippen molar-refractivity contribution >= 4 is 7.60 Å². The third-order valence-corrected chi connectivity index (χ3v) is 4.57. The maximum atomic E-state index is 11.9. The van der Waals surface area contributed by atoms with Gasteiger partial charge in [-0.3, -0.25) is 4.57 Å². The first-order chi connectivity index (χ1) is 7.43. The predicted molar refractivity (Wildman–Crippen MR) is 62.5 cm³/mol. The van der Waals surface area contributed by atoms with Crippen molar-refractivity contribution in [3.63, 3.8) is 0 Å². The van der Waals surface area contributed by atoms with Gasteiger partial charge in [-0.05, 0) is 12.5 Å². The molecule has 1 aromatic rings. The number of aliphatic hydroxyl groups is 1. The van der Waals surface area contributed by atoms with Crippen molar-refractivity contribution in [2.24, 2.45) is 0 Å². The molecule has 1 unspecified atom stereocenters. The Morgan fingerprint density at radius 3 is 2.19 bits per heavy atom. The number of benzene rings is 1. The zero-order valence-electron chi connectivity index (χ0n) is 9.71. The van der Waals surface area contributed by atoms with Crippen LogP contribution in [0.4, 0.5) is 0 Å². The van der Waals surface area contributed by atoms with Gasteiger partial charge in [-0.15, -0.1) is 0 Å². The SMILES string of the molecule is COP(=O)(CC(C)(O)c1ccccc1)OC.